The Morgan fingerprint density at radius 3 is 2.72 bits per heavy atom. The quantitative estimate of drug-likeness (QED) is 0.646. The second kappa shape index (κ2) is 6.90. The summed E-state index contributed by atoms with van der Waals surface area (Å²) in [6.45, 7) is 1.96. The highest BCUT2D eigenvalue weighted by Crippen LogP contribution is 2.25. The molecule has 0 radical (unpaired) electrons. The molecular weight excluding hydrogens is 232 g/mol. The van der Waals surface area contributed by atoms with Gasteiger partial charge in [0.15, 0.2) is 0 Å². The Morgan fingerprint density at radius 1 is 1.50 bits per heavy atom. The van der Waals surface area contributed by atoms with Crippen molar-refractivity contribution in [3.63, 3.8) is 0 Å². The molecule has 100 valence electrons. The first-order valence-corrected chi connectivity index (χ1v) is 6.30. The molecule has 5 nitrogen and oxygen atoms in total. The highest BCUT2D eigenvalue weighted by molar-refractivity contribution is 5.75. The first kappa shape index (κ1) is 14.4. The van der Waals surface area contributed by atoms with Crippen LogP contribution in [0.1, 0.15) is 39.0 Å². The summed E-state index contributed by atoms with van der Waals surface area (Å²) in [5.74, 6) is 1.41. The maximum Gasteiger partial charge on any atom is 0.315 e. The minimum atomic E-state index is -0.779. The molecule has 0 bridgehead atoms. The zero-order valence-corrected chi connectivity index (χ0v) is 10.6. The monoisotopic (exact) mass is 252 g/mol. The van der Waals surface area contributed by atoms with Crippen molar-refractivity contribution in [2.45, 2.75) is 51.1 Å². The summed E-state index contributed by atoms with van der Waals surface area (Å²) in [5, 5.41) is 14.5. The van der Waals surface area contributed by atoms with Gasteiger partial charge in [0.25, 0.3) is 0 Å². The van der Waals surface area contributed by atoms with Crippen LogP contribution in [0.25, 0.3) is 0 Å². The zero-order valence-electron chi connectivity index (χ0n) is 10.6. The van der Waals surface area contributed by atoms with Gasteiger partial charge in [-0.1, -0.05) is 6.92 Å². The average molecular weight is 252 g/mol. The largest absolute Gasteiger partial charge is 0.481 e. The average Bonchev–Trinajstić information content (AvgIpc) is 2.77. The Hall–Kier alpha value is -1.70. The summed E-state index contributed by atoms with van der Waals surface area (Å²) in [7, 11) is 0. The highest BCUT2D eigenvalue weighted by atomic mass is 16.4. The predicted molar refractivity (Wildman–Crippen MR) is 68.0 cm³/mol. The predicted octanol–water partition coefficient (Wildman–Crippen LogP) is 1.34. The Labute approximate surface area is 107 Å². The smallest absolute Gasteiger partial charge is 0.315 e. The van der Waals surface area contributed by atoms with Gasteiger partial charge in [-0.25, -0.2) is 4.79 Å². The van der Waals surface area contributed by atoms with Gasteiger partial charge in [-0.15, -0.1) is 12.3 Å². The van der Waals surface area contributed by atoms with Gasteiger partial charge >= 0.3 is 12.0 Å². The van der Waals surface area contributed by atoms with Gasteiger partial charge < -0.3 is 15.7 Å². The Morgan fingerprint density at radius 2 is 2.22 bits per heavy atom. The molecule has 0 aliphatic heterocycles. The van der Waals surface area contributed by atoms with Gasteiger partial charge in [-0.05, 0) is 25.7 Å². The standard InChI is InChI=1S/C13H20N2O3/c1-3-5-10(4-2)14-13(18)15-11-7-6-9(8-11)12(16)17/h1,9-11H,4-8H2,2H3,(H,16,17)(H2,14,15,18). The van der Waals surface area contributed by atoms with Crippen LogP contribution < -0.4 is 10.6 Å². The summed E-state index contributed by atoms with van der Waals surface area (Å²) < 4.78 is 0. The van der Waals surface area contributed by atoms with Crippen LogP contribution in [0, 0.1) is 18.3 Å². The van der Waals surface area contributed by atoms with Gasteiger partial charge in [0.05, 0.1) is 5.92 Å². The van der Waals surface area contributed by atoms with E-state index in [0.717, 1.165) is 12.8 Å². The number of carbonyl (C=O) groups excluding carboxylic acids is 1. The molecule has 5 heteroatoms. The third kappa shape index (κ3) is 4.28. The van der Waals surface area contributed by atoms with Gasteiger partial charge in [-0.3, -0.25) is 4.79 Å². The van der Waals surface area contributed by atoms with E-state index in [1.54, 1.807) is 0 Å². The topological polar surface area (TPSA) is 78.4 Å². The summed E-state index contributed by atoms with van der Waals surface area (Å²) in [4.78, 5) is 22.5. The maximum atomic E-state index is 11.7. The van der Waals surface area contributed by atoms with Crippen molar-refractivity contribution in [2.75, 3.05) is 0 Å². The van der Waals surface area contributed by atoms with Crippen LogP contribution in [0.15, 0.2) is 0 Å². The Balaban J connectivity index is 2.33. The van der Waals surface area contributed by atoms with Gasteiger partial charge in [0.2, 0.25) is 0 Å². The fourth-order valence-corrected chi connectivity index (χ4v) is 2.19. The van der Waals surface area contributed by atoms with Gasteiger partial charge in [-0.2, -0.15) is 0 Å². The minimum absolute atomic E-state index is 0.0216. The lowest BCUT2D eigenvalue weighted by molar-refractivity contribution is -0.141. The molecule has 0 aromatic rings. The highest BCUT2D eigenvalue weighted by Gasteiger charge is 2.30. The summed E-state index contributed by atoms with van der Waals surface area (Å²) in [6, 6.07) is -0.325. The van der Waals surface area contributed by atoms with Gasteiger partial charge in [0, 0.05) is 18.5 Å². The summed E-state index contributed by atoms with van der Waals surface area (Å²) in [5.41, 5.74) is 0. The molecule has 1 fully saturated rings. The third-order valence-electron chi connectivity index (χ3n) is 3.31. The van der Waals surface area contributed by atoms with E-state index in [1.807, 2.05) is 6.92 Å². The molecular formula is C13H20N2O3. The van der Waals surface area contributed by atoms with E-state index in [-0.39, 0.29) is 24.0 Å². The number of carbonyl (C=O) groups is 2. The third-order valence-corrected chi connectivity index (χ3v) is 3.31. The molecule has 1 aliphatic rings. The maximum absolute atomic E-state index is 11.7. The van der Waals surface area contributed by atoms with Crippen LogP contribution >= 0.6 is 0 Å². The molecule has 3 N–H and O–H groups in total. The molecule has 3 unspecified atom stereocenters. The van der Waals surface area contributed by atoms with Crippen LogP contribution in [-0.2, 0) is 4.79 Å². The molecule has 1 rings (SSSR count). The number of aliphatic carboxylic acids is 1. The van der Waals surface area contributed by atoms with Crippen LogP contribution in [0.3, 0.4) is 0 Å². The van der Waals surface area contributed by atoms with E-state index >= 15 is 0 Å². The number of amides is 2. The van der Waals surface area contributed by atoms with E-state index in [9.17, 15) is 9.59 Å². The summed E-state index contributed by atoms with van der Waals surface area (Å²) >= 11 is 0. The molecule has 0 aromatic heterocycles. The molecule has 1 saturated carbocycles. The second-order valence-corrected chi connectivity index (χ2v) is 4.68. The number of carboxylic acid groups (broad SMARTS) is 1. The van der Waals surface area contributed by atoms with Crippen LogP contribution in [-0.4, -0.2) is 29.2 Å². The number of rotatable bonds is 5. The van der Waals surface area contributed by atoms with E-state index in [1.165, 1.54) is 0 Å². The molecule has 0 spiro atoms. The van der Waals surface area contributed by atoms with Gasteiger partial charge in [0.1, 0.15) is 0 Å². The van der Waals surface area contributed by atoms with Crippen LogP contribution in [0.4, 0.5) is 4.79 Å². The number of hydrogen-bond donors (Lipinski definition) is 3. The number of terminal acetylenes is 1. The number of hydrogen-bond acceptors (Lipinski definition) is 2. The molecule has 0 saturated heterocycles. The second-order valence-electron chi connectivity index (χ2n) is 4.68. The number of carboxylic acids is 1. The van der Waals surface area contributed by atoms with Crippen molar-refractivity contribution in [3.05, 3.63) is 0 Å². The Bertz CT molecular complexity index is 349. The molecule has 3 atom stereocenters. The first-order valence-electron chi connectivity index (χ1n) is 6.30. The van der Waals surface area contributed by atoms with E-state index < -0.39 is 5.97 Å². The molecule has 2 amide bonds. The fraction of sp³-hybridized carbons (Fsp3) is 0.692. The van der Waals surface area contributed by atoms with Crippen molar-refractivity contribution < 1.29 is 14.7 Å². The van der Waals surface area contributed by atoms with Crippen molar-refractivity contribution >= 4 is 12.0 Å². The van der Waals surface area contributed by atoms with Crippen molar-refractivity contribution in [2.24, 2.45) is 5.92 Å². The lowest BCUT2D eigenvalue weighted by atomic mass is 10.1. The number of nitrogens with one attached hydrogen (secondary N) is 2. The van der Waals surface area contributed by atoms with Crippen molar-refractivity contribution in [1.82, 2.24) is 10.6 Å². The SMILES string of the molecule is C#CCC(CC)NC(=O)NC1CCC(C(=O)O)C1. The normalized spacial score (nSPS) is 24.0. The fourth-order valence-electron chi connectivity index (χ4n) is 2.19. The first-order chi connectivity index (χ1) is 8.56. The van der Waals surface area contributed by atoms with E-state index in [4.69, 9.17) is 11.5 Å². The lowest BCUT2D eigenvalue weighted by Gasteiger charge is -2.18. The minimum Gasteiger partial charge on any atom is -0.481 e. The van der Waals surface area contributed by atoms with Crippen molar-refractivity contribution in [3.8, 4) is 12.3 Å². The molecule has 18 heavy (non-hydrogen) atoms. The number of urea groups is 1. The molecule has 1 aliphatic carbocycles. The molecule has 0 aromatic carbocycles. The van der Waals surface area contributed by atoms with E-state index in [2.05, 4.69) is 16.6 Å². The van der Waals surface area contributed by atoms with Crippen molar-refractivity contribution in [1.29, 1.82) is 0 Å². The van der Waals surface area contributed by atoms with Crippen LogP contribution in [0.5, 0.6) is 0 Å². The molecule has 0 heterocycles. The van der Waals surface area contributed by atoms with E-state index in [0.29, 0.717) is 19.3 Å². The Kier molecular flexibility index (Phi) is 5.50. The zero-order chi connectivity index (χ0) is 13.5. The van der Waals surface area contributed by atoms with Crippen LogP contribution in [0.2, 0.25) is 0 Å². The summed E-state index contributed by atoms with van der Waals surface area (Å²) in [6.07, 6.45) is 8.35. The lowest BCUT2D eigenvalue weighted by Crippen LogP contribution is -2.45.